The highest BCUT2D eigenvalue weighted by molar-refractivity contribution is 5.98. The van der Waals surface area contributed by atoms with Gasteiger partial charge in [0.2, 0.25) is 0 Å². The van der Waals surface area contributed by atoms with E-state index in [0.717, 1.165) is 0 Å². The molecular formula is C19H20N2O6. The minimum absolute atomic E-state index is 0.0747. The molecule has 2 rings (SSSR count). The summed E-state index contributed by atoms with van der Waals surface area (Å²) in [6, 6.07) is 10.8. The van der Waals surface area contributed by atoms with Gasteiger partial charge >= 0.3 is 11.9 Å². The Morgan fingerprint density at radius 1 is 1.04 bits per heavy atom. The van der Waals surface area contributed by atoms with Crippen molar-refractivity contribution in [1.29, 1.82) is 0 Å². The van der Waals surface area contributed by atoms with E-state index >= 15 is 0 Å². The number of hydrogen-bond donors (Lipinski definition) is 0. The van der Waals surface area contributed by atoms with E-state index in [9.17, 15) is 19.7 Å². The second-order valence-corrected chi connectivity index (χ2v) is 5.61. The van der Waals surface area contributed by atoms with Gasteiger partial charge in [0.25, 0.3) is 5.69 Å². The predicted octanol–water partition coefficient (Wildman–Crippen LogP) is 3.72. The molecular weight excluding hydrogens is 352 g/mol. The SMILES string of the molecule is CCCN(c1ccccc1C(=O)OC)c1ccc(C(=O)OC)cc1[N+](=O)[O-]. The van der Waals surface area contributed by atoms with Crippen LogP contribution in [0, 0.1) is 10.1 Å². The highest BCUT2D eigenvalue weighted by atomic mass is 16.6. The van der Waals surface area contributed by atoms with Crippen LogP contribution in [0.1, 0.15) is 34.1 Å². The monoisotopic (exact) mass is 372 g/mol. The Morgan fingerprint density at radius 2 is 1.70 bits per heavy atom. The quantitative estimate of drug-likeness (QED) is 0.415. The molecule has 2 aromatic carbocycles. The average molecular weight is 372 g/mol. The summed E-state index contributed by atoms with van der Waals surface area (Å²) >= 11 is 0. The zero-order valence-corrected chi connectivity index (χ0v) is 15.3. The summed E-state index contributed by atoms with van der Waals surface area (Å²) in [7, 11) is 2.48. The van der Waals surface area contributed by atoms with Gasteiger partial charge in [-0.15, -0.1) is 0 Å². The number of methoxy groups -OCH3 is 2. The number of para-hydroxylation sites is 1. The van der Waals surface area contributed by atoms with Crippen LogP contribution in [-0.4, -0.2) is 37.6 Å². The summed E-state index contributed by atoms with van der Waals surface area (Å²) in [5.41, 5.74) is 0.863. The number of nitro groups is 1. The average Bonchev–Trinajstić information content (AvgIpc) is 2.70. The van der Waals surface area contributed by atoms with Crippen LogP contribution in [-0.2, 0) is 9.47 Å². The van der Waals surface area contributed by atoms with E-state index in [-0.39, 0.29) is 16.9 Å². The molecule has 2 aromatic rings. The van der Waals surface area contributed by atoms with E-state index in [0.29, 0.717) is 24.2 Å². The van der Waals surface area contributed by atoms with E-state index < -0.39 is 16.9 Å². The van der Waals surface area contributed by atoms with Gasteiger partial charge in [0, 0.05) is 12.6 Å². The number of rotatable bonds is 7. The van der Waals surface area contributed by atoms with Gasteiger partial charge in [-0.05, 0) is 30.7 Å². The highest BCUT2D eigenvalue weighted by Crippen LogP contribution is 2.36. The normalized spacial score (nSPS) is 10.2. The lowest BCUT2D eigenvalue weighted by molar-refractivity contribution is -0.384. The van der Waals surface area contributed by atoms with Crippen LogP contribution >= 0.6 is 0 Å². The number of benzene rings is 2. The number of ether oxygens (including phenoxy) is 2. The summed E-state index contributed by atoms with van der Waals surface area (Å²) in [6.45, 7) is 2.34. The zero-order chi connectivity index (χ0) is 20.0. The van der Waals surface area contributed by atoms with Gasteiger partial charge < -0.3 is 14.4 Å². The summed E-state index contributed by atoms with van der Waals surface area (Å²) in [5.74, 6) is -1.21. The van der Waals surface area contributed by atoms with Gasteiger partial charge in [-0.1, -0.05) is 19.1 Å². The van der Waals surface area contributed by atoms with Crippen molar-refractivity contribution in [3.05, 3.63) is 63.7 Å². The standard InChI is InChI=1S/C19H20N2O6/c1-4-11-20(15-8-6-5-7-14(15)19(23)27-3)16-10-9-13(18(22)26-2)12-17(16)21(24)25/h5-10,12H,4,11H2,1-3H3. The highest BCUT2D eigenvalue weighted by Gasteiger charge is 2.25. The summed E-state index contributed by atoms with van der Waals surface area (Å²) in [5, 5.41) is 11.6. The zero-order valence-electron chi connectivity index (χ0n) is 15.3. The molecule has 0 fully saturated rings. The van der Waals surface area contributed by atoms with E-state index in [1.54, 1.807) is 29.2 Å². The first-order valence-corrected chi connectivity index (χ1v) is 8.26. The van der Waals surface area contributed by atoms with Gasteiger partial charge in [-0.25, -0.2) is 9.59 Å². The van der Waals surface area contributed by atoms with Crippen LogP contribution in [0.15, 0.2) is 42.5 Å². The lowest BCUT2D eigenvalue weighted by atomic mass is 10.1. The van der Waals surface area contributed by atoms with Crippen molar-refractivity contribution in [3.63, 3.8) is 0 Å². The largest absolute Gasteiger partial charge is 0.465 e. The van der Waals surface area contributed by atoms with Crippen LogP contribution in [0.5, 0.6) is 0 Å². The van der Waals surface area contributed by atoms with Crippen molar-refractivity contribution in [1.82, 2.24) is 0 Å². The second kappa shape index (κ2) is 8.79. The van der Waals surface area contributed by atoms with E-state index in [1.165, 1.54) is 32.4 Å². The molecule has 142 valence electrons. The van der Waals surface area contributed by atoms with Crippen molar-refractivity contribution in [3.8, 4) is 0 Å². The van der Waals surface area contributed by atoms with Crippen molar-refractivity contribution in [2.24, 2.45) is 0 Å². The number of esters is 2. The first-order valence-electron chi connectivity index (χ1n) is 8.26. The fraction of sp³-hybridized carbons (Fsp3) is 0.263. The van der Waals surface area contributed by atoms with Crippen LogP contribution in [0.3, 0.4) is 0 Å². The van der Waals surface area contributed by atoms with Crippen LogP contribution in [0.4, 0.5) is 17.1 Å². The number of nitro benzene ring substituents is 1. The summed E-state index contributed by atoms with van der Waals surface area (Å²) in [6.07, 6.45) is 0.672. The van der Waals surface area contributed by atoms with Gasteiger partial charge in [0.05, 0.1) is 36.0 Å². The molecule has 0 atom stereocenters. The Kier molecular flexibility index (Phi) is 6.48. The van der Waals surface area contributed by atoms with Crippen molar-refractivity contribution >= 4 is 29.0 Å². The van der Waals surface area contributed by atoms with Crippen molar-refractivity contribution < 1.29 is 24.0 Å². The molecule has 0 spiro atoms. The Labute approximate surface area is 156 Å². The maximum absolute atomic E-state index is 12.1. The lowest BCUT2D eigenvalue weighted by Crippen LogP contribution is -2.22. The smallest absolute Gasteiger partial charge is 0.339 e. The summed E-state index contributed by atoms with van der Waals surface area (Å²) < 4.78 is 9.46. The Balaban J connectivity index is 2.66. The molecule has 0 saturated heterocycles. The van der Waals surface area contributed by atoms with Crippen LogP contribution < -0.4 is 4.90 Å². The van der Waals surface area contributed by atoms with Gasteiger partial charge in [-0.2, -0.15) is 0 Å². The fourth-order valence-corrected chi connectivity index (χ4v) is 2.73. The predicted molar refractivity (Wildman–Crippen MR) is 99.5 cm³/mol. The maximum atomic E-state index is 12.1. The maximum Gasteiger partial charge on any atom is 0.339 e. The van der Waals surface area contributed by atoms with Gasteiger partial charge in [0.15, 0.2) is 0 Å². The minimum atomic E-state index is -0.665. The topological polar surface area (TPSA) is 99.0 Å². The molecule has 0 aliphatic rings. The second-order valence-electron chi connectivity index (χ2n) is 5.61. The molecule has 0 saturated carbocycles. The Bertz CT molecular complexity index is 865. The van der Waals surface area contributed by atoms with E-state index in [4.69, 9.17) is 4.74 Å². The molecule has 0 bridgehead atoms. The number of nitrogens with zero attached hydrogens (tertiary/aromatic N) is 2. The first kappa shape index (κ1) is 19.9. The number of hydrogen-bond acceptors (Lipinski definition) is 7. The third kappa shape index (κ3) is 4.22. The molecule has 8 heteroatoms. The third-order valence-corrected chi connectivity index (χ3v) is 3.93. The molecule has 0 unspecified atom stereocenters. The molecule has 0 N–H and O–H groups in total. The summed E-state index contributed by atoms with van der Waals surface area (Å²) in [4.78, 5) is 36.6. The van der Waals surface area contributed by atoms with Crippen molar-refractivity contribution in [2.45, 2.75) is 13.3 Å². The lowest BCUT2D eigenvalue weighted by Gasteiger charge is -2.26. The molecule has 0 aromatic heterocycles. The molecule has 0 aliphatic carbocycles. The minimum Gasteiger partial charge on any atom is -0.465 e. The number of anilines is 2. The van der Waals surface area contributed by atoms with Crippen LogP contribution in [0.2, 0.25) is 0 Å². The molecule has 0 aliphatic heterocycles. The molecule has 0 amide bonds. The molecule has 27 heavy (non-hydrogen) atoms. The Morgan fingerprint density at radius 3 is 2.30 bits per heavy atom. The molecule has 0 heterocycles. The molecule has 8 nitrogen and oxygen atoms in total. The fourth-order valence-electron chi connectivity index (χ4n) is 2.73. The first-order chi connectivity index (χ1) is 12.9. The number of carbonyl (C=O) groups excluding carboxylic acids is 2. The van der Waals surface area contributed by atoms with Gasteiger partial charge in [0.1, 0.15) is 5.69 Å². The van der Waals surface area contributed by atoms with E-state index in [1.807, 2.05) is 6.92 Å². The van der Waals surface area contributed by atoms with Crippen molar-refractivity contribution in [2.75, 3.05) is 25.7 Å². The third-order valence-electron chi connectivity index (χ3n) is 3.93. The molecule has 0 radical (unpaired) electrons. The van der Waals surface area contributed by atoms with Crippen LogP contribution in [0.25, 0.3) is 0 Å². The van der Waals surface area contributed by atoms with E-state index in [2.05, 4.69) is 4.74 Å². The van der Waals surface area contributed by atoms with Gasteiger partial charge in [-0.3, -0.25) is 10.1 Å². The number of carbonyl (C=O) groups is 2. The Hall–Kier alpha value is -3.42.